The summed E-state index contributed by atoms with van der Waals surface area (Å²) < 4.78 is 37.5. The van der Waals surface area contributed by atoms with Gasteiger partial charge in [-0.1, -0.05) is 12.1 Å². The number of carbonyl (C=O) groups is 1. The smallest absolute Gasteiger partial charge is 0.408 e. The average molecular weight is 301 g/mol. The van der Waals surface area contributed by atoms with Crippen LogP contribution < -0.4 is 9.74 Å². The van der Waals surface area contributed by atoms with Crippen LogP contribution in [0.25, 0.3) is 0 Å². The number of ether oxygens (including phenoxy) is 1. The summed E-state index contributed by atoms with van der Waals surface area (Å²) in [7, 11) is -1.73. The van der Waals surface area contributed by atoms with Gasteiger partial charge in [-0.15, -0.1) is 0 Å². The van der Waals surface area contributed by atoms with Crippen molar-refractivity contribution >= 4 is 14.4 Å². The van der Waals surface area contributed by atoms with Crippen LogP contribution in [0.5, 0.6) is 5.75 Å². The summed E-state index contributed by atoms with van der Waals surface area (Å²) in [5.41, 5.74) is 0.328. The fraction of sp³-hybridized carbons (Fsp3) is 0.462. The van der Waals surface area contributed by atoms with Gasteiger partial charge in [0.1, 0.15) is 11.8 Å². The number of hydrogen-bond acceptors (Lipinski definition) is 3. The van der Waals surface area contributed by atoms with E-state index in [4.69, 9.17) is 4.43 Å². The molecule has 110 valence electrons. The maximum atomic E-state index is 13.7. The van der Waals surface area contributed by atoms with Crippen molar-refractivity contribution in [3.63, 3.8) is 0 Å². The summed E-state index contributed by atoms with van der Waals surface area (Å²) in [6.07, 6.45) is -0.830. The largest absolute Gasteiger partial charge is 0.544 e. The second-order valence-electron chi connectivity index (χ2n) is 5.70. The van der Waals surface area contributed by atoms with Gasteiger partial charge in [0.2, 0.25) is 8.32 Å². The standard InChI is InChI=1S/C13H17F2NO3Si/c1-20(2,3)19-10-6-4-9(5-7-10)11-13(14,15)8-18-12(17)16-11/h4-7,11H,8H2,1-3H3,(H,16,17)/t11-/m1/s1. The molecule has 1 aromatic rings. The van der Waals surface area contributed by atoms with E-state index in [1.165, 1.54) is 0 Å². The molecular formula is C13H17F2NO3Si. The normalized spacial score (nSPS) is 21.9. The number of benzene rings is 1. The number of alkyl halides is 2. The van der Waals surface area contributed by atoms with E-state index in [0.717, 1.165) is 0 Å². The first kappa shape index (κ1) is 14.8. The summed E-state index contributed by atoms with van der Waals surface area (Å²) in [6, 6.07) is 5.00. The van der Waals surface area contributed by atoms with Gasteiger partial charge in [-0.25, -0.2) is 13.6 Å². The number of amides is 1. The van der Waals surface area contributed by atoms with Crippen LogP contribution in [0.4, 0.5) is 13.6 Å². The summed E-state index contributed by atoms with van der Waals surface area (Å²) in [6.45, 7) is 5.20. The first-order chi connectivity index (χ1) is 9.17. The molecule has 1 heterocycles. The molecule has 2 rings (SSSR count). The molecule has 0 unspecified atom stereocenters. The van der Waals surface area contributed by atoms with Crippen molar-refractivity contribution in [2.75, 3.05) is 6.61 Å². The highest BCUT2D eigenvalue weighted by molar-refractivity contribution is 6.70. The molecule has 0 bridgehead atoms. The van der Waals surface area contributed by atoms with Crippen LogP contribution in [0.1, 0.15) is 11.6 Å². The number of alkyl carbamates (subject to hydrolysis) is 1. The lowest BCUT2D eigenvalue weighted by atomic mass is 10.00. The maximum Gasteiger partial charge on any atom is 0.408 e. The van der Waals surface area contributed by atoms with Crippen LogP contribution in [0, 0.1) is 0 Å². The molecule has 4 nitrogen and oxygen atoms in total. The van der Waals surface area contributed by atoms with Crippen molar-refractivity contribution < 1.29 is 22.7 Å². The Kier molecular flexibility index (Phi) is 3.73. The van der Waals surface area contributed by atoms with Crippen LogP contribution in [-0.4, -0.2) is 26.9 Å². The Morgan fingerprint density at radius 2 is 1.90 bits per heavy atom. The molecule has 1 N–H and O–H groups in total. The summed E-state index contributed by atoms with van der Waals surface area (Å²) in [4.78, 5) is 11.1. The summed E-state index contributed by atoms with van der Waals surface area (Å²) in [5.74, 6) is -2.48. The van der Waals surface area contributed by atoms with Crippen molar-refractivity contribution in [2.24, 2.45) is 0 Å². The molecule has 20 heavy (non-hydrogen) atoms. The molecule has 0 spiro atoms. The first-order valence-electron chi connectivity index (χ1n) is 6.27. The minimum Gasteiger partial charge on any atom is -0.544 e. The predicted octanol–water partition coefficient (Wildman–Crippen LogP) is 3.32. The van der Waals surface area contributed by atoms with E-state index in [1.54, 1.807) is 24.3 Å². The third-order valence-corrected chi connectivity index (χ3v) is 3.57. The molecule has 0 aliphatic carbocycles. The second-order valence-corrected chi connectivity index (χ2v) is 10.1. The maximum absolute atomic E-state index is 13.7. The zero-order valence-electron chi connectivity index (χ0n) is 11.6. The van der Waals surface area contributed by atoms with E-state index in [-0.39, 0.29) is 0 Å². The summed E-state index contributed by atoms with van der Waals surface area (Å²) >= 11 is 0. The predicted molar refractivity (Wildman–Crippen MR) is 72.6 cm³/mol. The zero-order chi connectivity index (χ0) is 15.0. The SMILES string of the molecule is C[Si](C)(C)Oc1ccc([C@H]2NC(=O)OCC2(F)F)cc1. The lowest BCUT2D eigenvalue weighted by Crippen LogP contribution is -2.49. The van der Waals surface area contributed by atoms with E-state index in [9.17, 15) is 13.6 Å². The molecular weight excluding hydrogens is 284 g/mol. The number of hydrogen-bond donors (Lipinski definition) is 1. The van der Waals surface area contributed by atoms with Crippen LogP contribution >= 0.6 is 0 Å². The molecule has 7 heteroatoms. The van der Waals surface area contributed by atoms with Gasteiger partial charge < -0.3 is 14.5 Å². The number of halogens is 2. The molecule has 0 aromatic heterocycles. The molecule has 0 saturated carbocycles. The van der Waals surface area contributed by atoms with E-state index >= 15 is 0 Å². The quantitative estimate of drug-likeness (QED) is 0.871. The third kappa shape index (κ3) is 3.47. The Morgan fingerprint density at radius 3 is 2.45 bits per heavy atom. The minimum atomic E-state index is -3.13. The lowest BCUT2D eigenvalue weighted by Gasteiger charge is -2.32. The Morgan fingerprint density at radius 1 is 1.30 bits per heavy atom. The van der Waals surface area contributed by atoms with E-state index in [1.807, 2.05) is 19.6 Å². The number of nitrogens with one attached hydrogen (secondary N) is 1. The van der Waals surface area contributed by atoms with Crippen molar-refractivity contribution in [1.29, 1.82) is 0 Å². The monoisotopic (exact) mass is 301 g/mol. The van der Waals surface area contributed by atoms with Gasteiger partial charge in [-0.2, -0.15) is 0 Å². The molecule has 1 atom stereocenters. The van der Waals surface area contributed by atoms with E-state index in [2.05, 4.69) is 10.1 Å². The topological polar surface area (TPSA) is 47.6 Å². The molecule has 0 radical (unpaired) electrons. The fourth-order valence-corrected chi connectivity index (χ4v) is 2.76. The van der Waals surface area contributed by atoms with Crippen LogP contribution in [0.15, 0.2) is 24.3 Å². The Labute approximate surface area is 117 Å². The molecule has 1 aliphatic heterocycles. The van der Waals surface area contributed by atoms with Gasteiger partial charge in [-0.3, -0.25) is 0 Å². The Hall–Kier alpha value is -1.63. The molecule has 1 fully saturated rings. The number of carbonyl (C=O) groups excluding carboxylic acids is 1. The highest BCUT2D eigenvalue weighted by Gasteiger charge is 2.46. The highest BCUT2D eigenvalue weighted by Crippen LogP contribution is 2.35. The zero-order valence-corrected chi connectivity index (χ0v) is 12.6. The third-order valence-electron chi connectivity index (χ3n) is 2.72. The van der Waals surface area contributed by atoms with Crippen molar-refractivity contribution in [3.8, 4) is 5.75 Å². The Bertz CT molecular complexity index is 499. The Balaban J connectivity index is 2.18. The van der Waals surface area contributed by atoms with Gasteiger partial charge in [0, 0.05) is 0 Å². The molecule has 1 aliphatic rings. The van der Waals surface area contributed by atoms with Gasteiger partial charge in [-0.05, 0) is 37.3 Å². The van der Waals surface area contributed by atoms with Crippen molar-refractivity contribution in [2.45, 2.75) is 31.6 Å². The van der Waals surface area contributed by atoms with E-state index < -0.39 is 33.0 Å². The van der Waals surface area contributed by atoms with Crippen molar-refractivity contribution in [3.05, 3.63) is 29.8 Å². The van der Waals surface area contributed by atoms with Crippen LogP contribution in [0.2, 0.25) is 19.6 Å². The van der Waals surface area contributed by atoms with Gasteiger partial charge in [0.15, 0.2) is 6.61 Å². The molecule has 1 aromatic carbocycles. The lowest BCUT2D eigenvalue weighted by molar-refractivity contribution is -0.104. The number of cyclic esters (lactones) is 1. The second kappa shape index (κ2) is 5.04. The number of rotatable bonds is 3. The fourth-order valence-electron chi connectivity index (χ4n) is 1.92. The van der Waals surface area contributed by atoms with Crippen molar-refractivity contribution in [1.82, 2.24) is 5.32 Å². The van der Waals surface area contributed by atoms with Gasteiger partial charge >= 0.3 is 12.0 Å². The van der Waals surface area contributed by atoms with Crippen LogP contribution in [0.3, 0.4) is 0 Å². The summed E-state index contributed by atoms with van der Waals surface area (Å²) in [5, 5.41) is 2.15. The van der Waals surface area contributed by atoms with Gasteiger partial charge in [0.25, 0.3) is 0 Å². The van der Waals surface area contributed by atoms with Crippen LogP contribution in [-0.2, 0) is 4.74 Å². The highest BCUT2D eigenvalue weighted by atomic mass is 28.4. The molecule has 1 amide bonds. The van der Waals surface area contributed by atoms with E-state index in [0.29, 0.717) is 11.3 Å². The minimum absolute atomic E-state index is 0.328. The average Bonchev–Trinajstić information content (AvgIpc) is 2.32. The molecule has 1 saturated heterocycles. The first-order valence-corrected chi connectivity index (χ1v) is 9.68. The van der Waals surface area contributed by atoms with Gasteiger partial charge in [0.05, 0.1) is 0 Å².